The van der Waals surface area contributed by atoms with Crippen LogP contribution in [0.15, 0.2) is 0 Å². The van der Waals surface area contributed by atoms with Gasteiger partial charge in [0.1, 0.15) is 0 Å². The zero-order valence-corrected chi connectivity index (χ0v) is 9.09. The van der Waals surface area contributed by atoms with Crippen molar-refractivity contribution in [1.82, 2.24) is 4.90 Å². The third-order valence-corrected chi connectivity index (χ3v) is 3.75. The van der Waals surface area contributed by atoms with Crippen molar-refractivity contribution in [3.05, 3.63) is 0 Å². The molecule has 2 nitrogen and oxygen atoms in total. The van der Waals surface area contributed by atoms with Gasteiger partial charge in [-0.25, -0.2) is 0 Å². The summed E-state index contributed by atoms with van der Waals surface area (Å²) in [5.41, 5.74) is 0. The summed E-state index contributed by atoms with van der Waals surface area (Å²) in [5, 5.41) is 0. The highest BCUT2D eigenvalue weighted by Gasteiger charge is 2.47. The minimum Gasteiger partial charge on any atom is -0.332 e. The van der Waals surface area contributed by atoms with Crippen molar-refractivity contribution in [2.75, 3.05) is 6.54 Å². The fraction of sp³-hybridized carbons (Fsp3) is 0.909. The molecule has 1 saturated heterocycles. The molecule has 1 aliphatic carbocycles. The van der Waals surface area contributed by atoms with E-state index in [0.717, 1.165) is 37.0 Å². The van der Waals surface area contributed by atoms with Crippen LogP contribution in [0.5, 0.6) is 0 Å². The zero-order valence-electron chi connectivity index (χ0n) is 9.09. The molecule has 2 atom stereocenters. The fourth-order valence-electron chi connectivity index (χ4n) is 3.04. The van der Waals surface area contributed by atoms with Crippen LogP contribution < -0.4 is 0 Å². The molecule has 1 amide bonds. The van der Waals surface area contributed by atoms with Crippen LogP contribution in [0, 0.1) is 5.92 Å². The predicted molar refractivity (Wildman–Crippen MR) is 52.7 cm³/mol. The van der Waals surface area contributed by atoms with E-state index in [9.17, 15) is 18.0 Å². The Hall–Kier alpha value is -0.740. The molecule has 0 bridgehead atoms. The molecule has 1 heterocycles. The van der Waals surface area contributed by atoms with Crippen LogP contribution in [0.1, 0.15) is 38.5 Å². The summed E-state index contributed by atoms with van der Waals surface area (Å²) in [4.78, 5) is 12.4. The average molecular weight is 235 g/mol. The average Bonchev–Trinajstić information content (AvgIpc) is 2.26. The van der Waals surface area contributed by atoms with Crippen LogP contribution in [0.4, 0.5) is 13.2 Å². The fourth-order valence-corrected chi connectivity index (χ4v) is 3.04. The molecule has 0 aromatic carbocycles. The molecule has 0 aromatic rings. The molecule has 0 spiro atoms. The molecule has 1 saturated carbocycles. The summed E-state index contributed by atoms with van der Waals surface area (Å²) in [6, 6.07) is -0.156. The Morgan fingerprint density at radius 3 is 2.38 bits per heavy atom. The van der Waals surface area contributed by atoms with E-state index in [-0.39, 0.29) is 12.6 Å². The summed E-state index contributed by atoms with van der Waals surface area (Å²) >= 11 is 0. The minimum atomic E-state index is -4.71. The number of amides is 1. The van der Waals surface area contributed by atoms with Crippen molar-refractivity contribution < 1.29 is 18.0 Å². The van der Waals surface area contributed by atoms with E-state index < -0.39 is 12.1 Å². The molecule has 0 N–H and O–H groups in total. The standard InChI is InChI=1S/C11H16F3NO/c12-11(13,14)10(16)15-7-3-5-8-4-1-2-6-9(8)15/h8-9H,1-7H2/t8-,9-/m1/s1. The number of alkyl halides is 3. The molecule has 0 aromatic heterocycles. The third kappa shape index (κ3) is 2.18. The van der Waals surface area contributed by atoms with Gasteiger partial charge in [-0.05, 0) is 31.6 Å². The lowest BCUT2D eigenvalue weighted by molar-refractivity contribution is -0.191. The van der Waals surface area contributed by atoms with E-state index in [4.69, 9.17) is 0 Å². The van der Waals surface area contributed by atoms with Crippen molar-refractivity contribution >= 4 is 5.91 Å². The van der Waals surface area contributed by atoms with Gasteiger partial charge in [0.2, 0.25) is 0 Å². The number of carbonyl (C=O) groups excluding carboxylic acids is 1. The summed E-state index contributed by atoms with van der Waals surface area (Å²) in [6.45, 7) is 0.277. The molecule has 0 unspecified atom stereocenters. The van der Waals surface area contributed by atoms with Gasteiger partial charge in [-0.3, -0.25) is 4.79 Å². The Labute approximate surface area is 92.8 Å². The largest absolute Gasteiger partial charge is 0.471 e. The van der Waals surface area contributed by atoms with Crippen LogP contribution in [0.25, 0.3) is 0 Å². The first-order chi connectivity index (χ1) is 7.50. The monoisotopic (exact) mass is 235 g/mol. The molecule has 92 valence electrons. The van der Waals surface area contributed by atoms with Gasteiger partial charge in [0.15, 0.2) is 0 Å². The number of hydrogen-bond donors (Lipinski definition) is 0. The topological polar surface area (TPSA) is 20.3 Å². The molecule has 2 rings (SSSR count). The quantitative estimate of drug-likeness (QED) is 0.632. The molecule has 2 aliphatic rings. The van der Waals surface area contributed by atoms with Crippen molar-refractivity contribution in [1.29, 1.82) is 0 Å². The van der Waals surface area contributed by atoms with Gasteiger partial charge in [0, 0.05) is 12.6 Å². The van der Waals surface area contributed by atoms with Gasteiger partial charge in [-0.15, -0.1) is 0 Å². The van der Waals surface area contributed by atoms with Crippen LogP contribution in [-0.4, -0.2) is 29.6 Å². The van der Waals surface area contributed by atoms with Crippen LogP contribution in [0.2, 0.25) is 0 Å². The Morgan fingerprint density at radius 1 is 1.06 bits per heavy atom. The lowest BCUT2D eigenvalue weighted by atomic mass is 9.78. The molecule has 1 aliphatic heterocycles. The number of nitrogens with zero attached hydrogens (tertiary/aromatic N) is 1. The Morgan fingerprint density at radius 2 is 1.69 bits per heavy atom. The summed E-state index contributed by atoms with van der Waals surface area (Å²) < 4.78 is 37.2. The number of piperidine rings is 1. The van der Waals surface area contributed by atoms with Crippen molar-refractivity contribution in [3.63, 3.8) is 0 Å². The molecular formula is C11H16F3NO. The number of hydrogen-bond acceptors (Lipinski definition) is 1. The van der Waals surface area contributed by atoms with Crippen molar-refractivity contribution in [2.45, 2.75) is 50.7 Å². The molecule has 5 heteroatoms. The Bertz CT molecular complexity index is 275. The van der Waals surface area contributed by atoms with Gasteiger partial charge >= 0.3 is 12.1 Å². The number of fused-ring (bicyclic) bond motifs is 1. The maximum Gasteiger partial charge on any atom is 0.471 e. The van der Waals surface area contributed by atoms with Crippen molar-refractivity contribution in [3.8, 4) is 0 Å². The normalized spacial score (nSPS) is 31.1. The van der Waals surface area contributed by atoms with Crippen molar-refractivity contribution in [2.24, 2.45) is 5.92 Å². The predicted octanol–water partition coefficient (Wildman–Crippen LogP) is 2.73. The lowest BCUT2D eigenvalue weighted by Crippen LogP contribution is -2.53. The van der Waals surface area contributed by atoms with Gasteiger partial charge in [0.25, 0.3) is 0 Å². The van der Waals surface area contributed by atoms with Gasteiger partial charge in [-0.1, -0.05) is 12.8 Å². The zero-order chi connectivity index (χ0) is 11.8. The number of likely N-dealkylation sites (tertiary alicyclic amines) is 1. The summed E-state index contributed by atoms with van der Waals surface area (Å²) in [5.74, 6) is -1.34. The van der Waals surface area contributed by atoms with Gasteiger partial charge in [0.05, 0.1) is 0 Å². The van der Waals surface area contributed by atoms with Crippen LogP contribution in [0.3, 0.4) is 0 Å². The number of rotatable bonds is 0. The summed E-state index contributed by atoms with van der Waals surface area (Å²) in [7, 11) is 0. The first-order valence-electron chi connectivity index (χ1n) is 5.88. The minimum absolute atomic E-state index is 0.156. The van der Waals surface area contributed by atoms with E-state index in [1.807, 2.05) is 0 Å². The highest BCUT2D eigenvalue weighted by Crippen LogP contribution is 2.36. The highest BCUT2D eigenvalue weighted by atomic mass is 19.4. The van der Waals surface area contributed by atoms with Crippen LogP contribution in [-0.2, 0) is 4.79 Å². The molecule has 0 radical (unpaired) electrons. The number of carbonyl (C=O) groups is 1. The second-order valence-corrected chi connectivity index (χ2v) is 4.75. The first-order valence-corrected chi connectivity index (χ1v) is 5.88. The SMILES string of the molecule is O=C(N1CCC[C@H]2CCCC[C@H]21)C(F)(F)F. The van der Waals surface area contributed by atoms with Gasteiger partial charge in [-0.2, -0.15) is 13.2 Å². The Kier molecular flexibility index (Phi) is 3.13. The van der Waals surface area contributed by atoms with E-state index in [2.05, 4.69) is 0 Å². The van der Waals surface area contributed by atoms with E-state index in [1.165, 1.54) is 0 Å². The smallest absolute Gasteiger partial charge is 0.332 e. The highest BCUT2D eigenvalue weighted by molar-refractivity contribution is 5.82. The van der Waals surface area contributed by atoms with Crippen LogP contribution >= 0.6 is 0 Å². The Balaban J connectivity index is 2.11. The van der Waals surface area contributed by atoms with Gasteiger partial charge < -0.3 is 4.90 Å². The lowest BCUT2D eigenvalue weighted by Gasteiger charge is -2.44. The molecule has 16 heavy (non-hydrogen) atoms. The second-order valence-electron chi connectivity index (χ2n) is 4.75. The first kappa shape index (κ1) is 11.7. The maximum absolute atomic E-state index is 12.4. The van der Waals surface area contributed by atoms with E-state index in [0.29, 0.717) is 12.3 Å². The van der Waals surface area contributed by atoms with E-state index in [1.54, 1.807) is 0 Å². The summed E-state index contributed by atoms with van der Waals surface area (Å²) in [6.07, 6.45) is 0.742. The maximum atomic E-state index is 12.4. The number of halogens is 3. The second kappa shape index (κ2) is 4.26. The molecule has 2 fully saturated rings. The molecular weight excluding hydrogens is 219 g/mol. The third-order valence-electron chi connectivity index (χ3n) is 3.75. The van der Waals surface area contributed by atoms with E-state index >= 15 is 0 Å².